The molecule has 5 heteroatoms. The maximum absolute atomic E-state index is 5.90. The number of nitrogens with zero attached hydrogens (tertiary/aromatic N) is 2. The molecule has 0 aliphatic rings. The van der Waals surface area contributed by atoms with Crippen LogP contribution in [0.5, 0.6) is 11.6 Å². The van der Waals surface area contributed by atoms with Gasteiger partial charge in [-0.25, -0.2) is 4.98 Å². The van der Waals surface area contributed by atoms with E-state index in [1.165, 1.54) is 3.57 Å². The van der Waals surface area contributed by atoms with Gasteiger partial charge in [0.2, 0.25) is 5.88 Å². The van der Waals surface area contributed by atoms with Gasteiger partial charge in [-0.05, 0) is 60.2 Å². The van der Waals surface area contributed by atoms with Crippen LogP contribution in [0.2, 0.25) is 0 Å². The summed E-state index contributed by atoms with van der Waals surface area (Å²) in [4.78, 5) is 9.01. The van der Waals surface area contributed by atoms with Crippen molar-refractivity contribution in [1.82, 2.24) is 9.97 Å². The number of rotatable bonds is 5. The quantitative estimate of drug-likeness (QED) is 0.788. The Morgan fingerprint density at radius 3 is 2.50 bits per heavy atom. The van der Waals surface area contributed by atoms with Crippen LogP contribution in [0, 0.1) is 10.5 Å². The first-order valence-corrected chi connectivity index (χ1v) is 7.70. The fraction of sp³-hybridized carbons (Fsp3) is 0.333. The van der Waals surface area contributed by atoms with Crippen LogP contribution in [-0.2, 0) is 6.42 Å². The van der Waals surface area contributed by atoms with Crippen molar-refractivity contribution in [2.45, 2.75) is 26.7 Å². The molecule has 0 aliphatic carbocycles. The Bertz CT molecular complexity index is 584. The van der Waals surface area contributed by atoms with E-state index in [0.29, 0.717) is 5.88 Å². The van der Waals surface area contributed by atoms with E-state index in [9.17, 15) is 0 Å². The SMILES string of the molecule is CCCc1nc(NC)c(C)c(Oc2ccc(I)cc2)n1. The number of benzene rings is 1. The molecule has 106 valence electrons. The second-order valence-electron chi connectivity index (χ2n) is 4.47. The van der Waals surface area contributed by atoms with Gasteiger partial charge >= 0.3 is 0 Å². The third kappa shape index (κ3) is 3.59. The van der Waals surface area contributed by atoms with Crippen molar-refractivity contribution >= 4 is 28.4 Å². The molecule has 2 aromatic rings. The van der Waals surface area contributed by atoms with Crippen molar-refractivity contribution in [3.63, 3.8) is 0 Å². The lowest BCUT2D eigenvalue weighted by molar-refractivity contribution is 0.454. The summed E-state index contributed by atoms with van der Waals surface area (Å²) in [6.07, 6.45) is 1.85. The summed E-state index contributed by atoms with van der Waals surface area (Å²) in [6.45, 7) is 4.07. The molecule has 0 unspecified atom stereocenters. The maximum Gasteiger partial charge on any atom is 0.227 e. The van der Waals surface area contributed by atoms with Gasteiger partial charge in [0.1, 0.15) is 17.4 Å². The molecule has 0 fully saturated rings. The van der Waals surface area contributed by atoms with E-state index in [4.69, 9.17) is 4.74 Å². The third-order valence-electron chi connectivity index (χ3n) is 2.89. The van der Waals surface area contributed by atoms with Gasteiger partial charge in [-0.15, -0.1) is 0 Å². The highest BCUT2D eigenvalue weighted by atomic mass is 127. The predicted octanol–water partition coefficient (Wildman–Crippen LogP) is 4.18. The summed E-state index contributed by atoms with van der Waals surface area (Å²) in [5.74, 6) is 3.04. The van der Waals surface area contributed by atoms with Gasteiger partial charge in [-0.1, -0.05) is 6.92 Å². The summed E-state index contributed by atoms with van der Waals surface area (Å²) < 4.78 is 7.08. The monoisotopic (exact) mass is 383 g/mol. The molecular formula is C15H18IN3O. The standard InChI is InChI=1S/C15H18IN3O/c1-4-5-13-18-14(17-3)10(2)15(19-13)20-12-8-6-11(16)7-9-12/h6-9H,4-5H2,1-3H3,(H,17,18,19). The van der Waals surface area contributed by atoms with Gasteiger partial charge in [0, 0.05) is 17.0 Å². The van der Waals surface area contributed by atoms with Crippen LogP contribution in [0.15, 0.2) is 24.3 Å². The minimum absolute atomic E-state index is 0.619. The predicted molar refractivity (Wildman–Crippen MR) is 89.5 cm³/mol. The van der Waals surface area contributed by atoms with Gasteiger partial charge < -0.3 is 10.1 Å². The van der Waals surface area contributed by atoms with E-state index in [0.717, 1.165) is 35.8 Å². The number of aryl methyl sites for hydroxylation is 1. The van der Waals surface area contributed by atoms with Gasteiger partial charge in [-0.3, -0.25) is 0 Å². The van der Waals surface area contributed by atoms with Crippen LogP contribution in [0.1, 0.15) is 24.7 Å². The lowest BCUT2D eigenvalue weighted by atomic mass is 10.2. The lowest BCUT2D eigenvalue weighted by Gasteiger charge is -2.12. The first-order chi connectivity index (χ1) is 9.63. The Kier molecular flexibility index (Phi) is 5.17. The smallest absolute Gasteiger partial charge is 0.227 e. The van der Waals surface area contributed by atoms with Crippen molar-refractivity contribution < 1.29 is 4.74 Å². The van der Waals surface area contributed by atoms with Gasteiger partial charge in [0.15, 0.2) is 0 Å². The molecule has 0 bridgehead atoms. The molecular weight excluding hydrogens is 365 g/mol. The maximum atomic E-state index is 5.90. The van der Waals surface area contributed by atoms with Crippen LogP contribution in [0.3, 0.4) is 0 Å². The summed E-state index contributed by atoms with van der Waals surface area (Å²) in [7, 11) is 1.86. The normalized spacial score (nSPS) is 10.4. The Balaban J connectivity index is 2.33. The summed E-state index contributed by atoms with van der Waals surface area (Å²) in [6, 6.07) is 7.92. The van der Waals surface area contributed by atoms with Crippen LogP contribution < -0.4 is 10.1 Å². The van der Waals surface area contributed by atoms with Gasteiger partial charge in [0.25, 0.3) is 0 Å². The minimum atomic E-state index is 0.619. The number of hydrogen-bond acceptors (Lipinski definition) is 4. The van der Waals surface area contributed by atoms with Crippen LogP contribution in [-0.4, -0.2) is 17.0 Å². The van der Waals surface area contributed by atoms with E-state index in [1.54, 1.807) is 0 Å². The fourth-order valence-corrected chi connectivity index (χ4v) is 2.19. The summed E-state index contributed by atoms with van der Waals surface area (Å²) in [5, 5.41) is 3.10. The first kappa shape index (κ1) is 15.0. The van der Waals surface area contributed by atoms with Crippen LogP contribution in [0.4, 0.5) is 5.82 Å². The molecule has 0 radical (unpaired) electrons. The molecule has 2 rings (SSSR count). The van der Waals surface area contributed by atoms with Crippen molar-refractivity contribution in [2.24, 2.45) is 0 Å². The second kappa shape index (κ2) is 6.88. The molecule has 0 spiro atoms. The zero-order chi connectivity index (χ0) is 14.5. The molecule has 1 aromatic carbocycles. The van der Waals surface area contributed by atoms with Crippen molar-refractivity contribution in [3.8, 4) is 11.6 Å². The van der Waals surface area contributed by atoms with E-state index >= 15 is 0 Å². The van der Waals surface area contributed by atoms with Crippen LogP contribution >= 0.6 is 22.6 Å². The molecule has 20 heavy (non-hydrogen) atoms. The minimum Gasteiger partial charge on any atom is -0.439 e. The van der Waals surface area contributed by atoms with Crippen LogP contribution in [0.25, 0.3) is 0 Å². The topological polar surface area (TPSA) is 47.0 Å². The van der Waals surface area contributed by atoms with Crippen molar-refractivity contribution in [2.75, 3.05) is 12.4 Å². The number of ether oxygens (including phenoxy) is 1. The molecule has 0 saturated carbocycles. The number of anilines is 1. The zero-order valence-corrected chi connectivity index (χ0v) is 14.1. The average Bonchev–Trinajstić information content (AvgIpc) is 2.45. The summed E-state index contributed by atoms with van der Waals surface area (Å²) in [5.41, 5.74) is 0.922. The Morgan fingerprint density at radius 1 is 1.20 bits per heavy atom. The first-order valence-electron chi connectivity index (χ1n) is 6.62. The van der Waals surface area contributed by atoms with E-state index < -0.39 is 0 Å². The van der Waals surface area contributed by atoms with Gasteiger partial charge in [-0.2, -0.15) is 4.98 Å². The Morgan fingerprint density at radius 2 is 1.90 bits per heavy atom. The number of aromatic nitrogens is 2. The van der Waals surface area contributed by atoms with Crippen molar-refractivity contribution in [3.05, 3.63) is 39.2 Å². The largest absolute Gasteiger partial charge is 0.439 e. The molecule has 1 aromatic heterocycles. The number of nitrogens with one attached hydrogen (secondary N) is 1. The Labute approximate surface area is 133 Å². The zero-order valence-electron chi connectivity index (χ0n) is 11.9. The summed E-state index contributed by atoms with van der Waals surface area (Å²) >= 11 is 2.27. The van der Waals surface area contributed by atoms with E-state index in [2.05, 4.69) is 44.8 Å². The molecule has 4 nitrogen and oxygen atoms in total. The molecule has 0 aliphatic heterocycles. The fourth-order valence-electron chi connectivity index (χ4n) is 1.83. The molecule has 0 atom stereocenters. The highest BCUT2D eigenvalue weighted by molar-refractivity contribution is 14.1. The van der Waals surface area contributed by atoms with E-state index in [1.807, 2.05) is 38.2 Å². The molecule has 0 saturated heterocycles. The molecule has 1 N–H and O–H groups in total. The second-order valence-corrected chi connectivity index (χ2v) is 5.72. The lowest BCUT2D eigenvalue weighted by Crippen LogP contribution is -2.05. The molecule has 1 heterocycles. The Hall–Kier alpha value is -1.37. The highest BCUT2D eigenvalue weighted by Crippen LogP contribution is 2.27. The third-order valence-corrected chi connectivity index (χ3v) is 3.61. The van der Waals surface area contributed by atoms with E-state index in [-0.39, 0.29) is 0 Å². The molecule has 0 amide bonds. The number of halogens is 1. The van der Waals surface area contributed by atoms with Crippen molar-refractivity contribution in [1.29, 1.82) is 0 Å². The van der Waals surface area contributed by atoms with Gasteiger partial charge in [0.05, 0.1) is 5.56 Å². The highest BCUT2D eigenvalue weighted by Gasteiger charge is 2.11. The average molecular weight is 383 g/mol. The number of hydrogen-bond donors (Lipinski definition) is 1.